The Labute approximate surface area is 114 Å². The van der Waals surface area contributed by atoms with Crippen molar-refractivity contribution in [2.24, 2.45) is 0 Å². The number of nitrogens with zero attached hydrogens (tertiary/aromatic N) is 1. The zero-order valence-corrected chi connectivity index (χ0v) is 11.8. The summed E-state index contributed by atoms with van der Waals surface area (Å²) in [6, 6.07) is 7.45. The second-order valence-corrected chi connectivity index (χ2v) is 5.02. The summed E-state index contributed by atoms with van der Waals surface area (Å²) in [5.74, 6) is -0.108. The number of nitrogens with one attached hydrogen (secondary N) is 1. The van der Waals surface area contributed by atoms with Gasteiger partial charge in [0.05, 0.1) is 0 Å². The standard InChI is InChI=1S/C14H13BrN2O/c1-9-3-4-11(15)7-12(9)14(18)17-13-5-6-16-8-10(13)2/h3-8H,1-2H3,(H,16,17,18). The van der Waals surface area contributed by atoms with Gasteiger partial charge in [-0.15, -0.1) is 0 Å². The first-order chi connectivity index (χ1) is 8.58. The van der Waals surface area contributed by atoms with Crippen LogP contribution >= 0.6 is 15.9 Å². The van der Waals surface area contributed by atoms with Crippen LogP contribution in [0.15, 0.2) is 41.1 Å². The molecule has 1 aromatic carbocycles. The van der Waals surface area contributed by atoms with E-state index in [9.17, 15) is 4.79 Å². The lowest BCUT2D eigenvalue weighted by Gasteiger charge is -2.09. The molecule has 0 aliphatic carbocycles. The van der Waals surface area contributed by atoms with Crippen LogP contribution in [0.3, 0.4) is 0 Å². The van der Waals surface area contributed by atoms with Crippen molar-refractivity contribution in [3.63, 3.8) is 0 Å². The Morgan fingerprint density at radius 1 is 1.22 bits per heavy atom. The highest BCUT2D eigenvalue weighted by molar-refractivity contribution is 9.10. The smallest absolute Gasteiger partial charge is 0.255 e. The van der Waals surface area contributed by atoms with Gasteiger partial charge in [-0.3, -0.25) is 9.78 Å². The molecule has 2 aromatic rings. The topological polar surface area (TPSA) is 42.0 Å². The van der Waals surface area contributed by atoms with Crippen molar-refractivity contribution in [2.75, 3.05) is 5.32 Å². The highest BCUT2D eigenvalue weighted by atomic mass is 79.9. The van der Waals surface area contributed by atoms with E-state index in [4.69, 9.17) is 0 Å². The van der Waals surface area contributed by atoms with Crippen LogP contribution in [0.1, 0.15) is 21.5 Å². The molecule has 0 radical (unpaired) electrons. The Kier molecular flexibility index (Phi) is 3.77. The fourth-order valence-electron chi connectivity index (χ4n) is 1.64. The molecule has 0 aliphatic heterocycles. The quantitative estimate of drug-likeness (QED) is 0.919. The van der Waals surface area contributed by atoms with E-state index in [2.05, 4.69) is 26.2 Å². The van der Waals surface area contributed by atoms with E-state index in [0.29, 0.717) is 5.56 Å². The van der Waals surface area contributed by atoms with Crippen molar-refractivity contribution >= 4 is 27.5 Å². The molecule has 1 aromatic heterocycles. The average Bonchev–Trinajstić information content (AvgIpc) is 2.35. The van der Waals surface area contributed by atoms with Crippen molar-refractivity contribution in [3.8, 4) is 0 Å². The number of benzene rings is 1. The van der Waals surface area contributed by atoms with Crippen molar-refractivity contribution < 1.29 is 4.79 Å². The van der Waals surface area contributed by atoms with Gasteiger partial charge < -0.3 is 5.32 Å². The third-order valence-electron chi connectivity index (χ3n) is 2.71. The highest BCUT2D eigenvalue weighted by Gasteiger charge is 2.10. The molecule has 0 spiro atoms. The lowest BCUT2D eigenvalue weighted by molar-refractivity contribution is 0.102. The first-order valence-corrected chi connectivity index (χ1v) is 6.35. The van der Waals surface area contributed by atoms with Crippen molar-refractivity contribution in [2.45, 2.75) is 13.8 Å². The molecule has 0 aliphatic rings. The summed E-state index contributed by atoms with van der Waals surface area (Å²) >= 11 is 3.37. The Morgan fingerprint density at radius 3 is 2.72 bits per heavy atom. The van der Waals surface area contributed by atoms with E-state index in [1.165, 1.54) is 0 Å². The Bertz CT molecular complexity index is 596. The molecule has 0 atom stereocenters. The fraction of sp³-hybridized carbons (Fsp3) is 0.143. The first kappa shape index (κ1) is 12.8. The summed E-state index contributed by atoms with van der Waals surface area (Å²) in [4.78, 5) is 16.2. The maximum Gasteiger partial charge on any atom is 0.255 e. The van der Waals surface area contributed by atoms with Gasteiger partial charge in [0.2, 0.25) is 0 Å². The summed E-state index contributed by atoms with van der Waals surface area (Å²) < 4.78 is 0.893. The summed E-state index contributed by atoms with van der Waals surface area (Å²) in [7, 11) is 0. The Hall–Kier alpha value is -1.68. The SMILES string of the molecule is Cc1cnccc1NC(=O)c1cc(Br)ccc1C. The van der Waals surface area contributed by atoms with Crippen LogP contribution in [0.25, 0.3) is 0 Å². The Morgan fingerprint density at radius 2 is 2.00 bits per heavy atom. The van der Waals surface area contributed by atoms with Crippen LogP contribution in [-0.4, -0.2) is 10.9 Å². The second-order valence-electron chi connectivity index (χ2n) is 4.10. The molecule has 0 fully saturated rings. The minimum Gasteiger partial charge on any atom is -0.322 e. The number of aromatic nitrogens is 1. The van der Waals surface area contributed by atoms with Crippen LogP contribution < -0.4 is 5.32 Å². The largest absolute Gasteiger partial charge is 0.322 e. The number of rotatable bonds is 2. The van der Waals surface area contributed by atoms with E-state index >= 15 is 0 Å². The number of aryl methyl sites for hydroxylation is 2. The van der Waals surface area contributed by atoms with Crippen LogP contribution in [0, 0.1) is 13.8 Å². The van der Waals surface area contributed by atoms with Crippen molar-refractivity contribution in [3.05, 3.63) is 57.8 Å². The molecule has 0 saturated carbocycles. The maximum atomic E-state index is 12.2. The summed E-state index contributed by atoms with van der Waals surface area (Å²) in [5.41, 5.74) is 3.34. The maximum absolute atomic E-state index is 12.2. The number of carbonyl (C=O) groups excluding carboxylic acids is 1. The van der Waals surface area contributed by atoms with E-state index in [0.717, 1.165) is 21.3 Å². The van der Waals surface area contributed by atoms with Crippen LogP contribution in [-0.2, 0) is 0 Å². The lowest BCUT2D eigenvalue weighted by Crippen LogP contribution is -2.14. The van der Waals surface area contributed by atoms with E-state index < -0.39 is 0 Å². The predicted octanol–water partition coefficient (Wildman–Crippen LogP) is 3.71. The van der Waals surface area contributed by atoms with Crippen LogP contribution in [0.4, 0.5) is 5.69 Å². The van der Waals surface area contributed by atoms with Crippen LogP contribution in [0.5, 0.6) is 0 Å². The van der Waals surface area contributed by atoms with Gasteiger partial charge in [-0.2, -0.15) is 0 Å². The molecule has 18 heavy (non-hydrogen) atoms. The minimum atomic E-state index is -0.108. The summed E-state index contributed by atoms with van der Waals surface area (Å²) in [6.45, 7) is 3.83. The van der Waals surface area contributed by atoms with Gasteiger partial charge in [0.25, 0.3) is 5.91 Å². The third kappa shape index (κ3) is 2.76. The summed E-state index contributed by atoms with van der Waals surface area (Å²) in [6.07, 6.45) is 3.39. The van der Waals surface area contributed by atoms with Crippen molar-refractivity contribution in [1.29, 1.82) is 0 Å². The molecule has 1 heterocycles. The zero-order valence-electron chi connectivity index (χ0n) is 10.2. The molecule has 92 valence electrons. The van der Waals surface area contributed by atoms with Gasteiger partial charge in [-0.25, -0.2) is 0 Å². The molecule has 0 unspecified atom stereocenters. The molecule has 3 nitrogen and oxygen atoms in total. The second kappa shape index (κ2) is 5.31. The van der Waals surface area contributed by atoms with Gasteiger partial charge in [-0.1, -0.05) is 22.0 Å². The Balaban J connectivity index is 2.28. The molecule has 2 rings (SSSR count). The molecule has 1 amide bonds. The van der Waals surface area contributed by atoms with Gasteiger partial charge in [0, 0.05) is 28.1 Å². The number of anilines is 1. The molecule has 0 bridgehead atoms. The van der Waals surface area contributed by atoms with Gasteiger partial charge >= 0.3 is 0 Å². The first-order valence-electron chi connectivity index (χ1n) is 5.56. The average molecular weight is 305 g/mol. The predicted molar refractivity (Wildman–Crippen MR) is 75.8 cm³/mol. The van der Waals surface area contributed by atoms with Crippen molar-refractivity contribution in [1.82, 2.24) is 4.98 Å². The number of pyridine rings is 1. The number of hydrogen-bond acceptors (Lipinski definition) is 2. The fourth-order valence-corrected chi connectivity index (χ4v) is 2.00. The lowest BCUT2D eigenvalue weighted by atomic mass is 10.1. The zero-order chi connectivity index (χ0) is 13.1. The molecular weight excluding hydrogens is 292 g/mol. The van der Waals surface area contributed by atoms with Gasteiger partial charge in [-0.05, 0) is 43.2 Å². The molecule has 4 heteroatoms. The molecule has 0 saturated heterocycles. The van der Waals surface area contributed by atoms with Gasteiger partial charge in [0.1, 0.15) is 0 Å². The van der Waals surface area contributed by atoms with E-state index in [1.54, 1.807) is 18.5 Å². The van der Waals surface area contributed by atoms with E-state index in [-0.39, 0.29) is 5.91 Å². The number of halogens is 1. The monoisotopic (exact) mass is 304 g/mol. The third-order valence-corrected chi connectivity index (χ3v) is 3.21. The molecule has 1 N–H and O–H groups in total. The molecular formula is C14H13BrN2O. The normalized spacial score (nSPS) is 10.2. The van der Waals surface area contributed by atoms with Crippen LogP contribution in [0.2, 0.25) is 0 Å². The minimum absolute atomic E-state index is 0.108. The number of amides is 1. The van der Waals surface area contributed by atoms with Gasteiger partial charge in [0.15, 0.2) is 0 Å². The number of hydrogen-bond donors (Lipinski definition) is 1. The number of carbonyl (C=O) groups is 1. The highest BCUT2D eigenvalue weighted by Crippen LogP contribution is 2.18. The van der Waals surface area contributed by atoms with E-state index in [1.807, 2.05) is 32.0 Å². The summed E-state index contributed by atoms with van der Waals surface area (Å²) in [5, 5.41) is 2.89.